The molecule has 0 aliphatic heterocycles. The van der Waals surface area contributed by atoms with E-state index < -0.39 is 6.10 Å². The van der Waals surface area contributed by atoms with Crippen molar-refractivity contribution < 1.29 is 14.6 Å². The van der Waals surface area contributed by atoms with Crippen molar-refractivity contribution in [1.82, 2.24) is 5.43 Å². The summed E-state index contributed by atoms with van der Waals surface area (Å²) in [6.45, 7) is 3.39. The monoisotopic (exact) mass is 266 g/mol. The van der Waals surface area contributed by atoms with Gasteiger partial charge < -0.3 is 15.6 Å². The van der Waals surface area contributed by atoms with E-state index >= 15 is 0 Å². The normalized spacial score (nSPS) is 12.4. The quantitative estimate of drug-likeness (QED) is 0.412. The molecule has 0 aromatic heterocycles. The SMILES string of the molecule is CCC(O)COc1ccc(N=NNC(C)=O)cc1N. The van der Waals surface area contributed by atoms with Crippen molar-refractivity contribution in [2.24, 2.45) is 10.3 Å². The van der Waals surface area contributed by atoms with E-state index in [4.69, 9.17) is 10.5 Å². The maximum atomic E-state index is 10.6. The molecule has 0 aliphatic carbocycles. The molecule has 19 heavy (non-hydrogen) atoms. The van der Waals surface area contributed by atoms with E-state index in [1.807, 2.05) is 6.92 Å². The van der Waals surface area contributed by atoms with Gasteiger partial charge in [0.15, 0.2) is 0 Å². The highest BCUT2D eigenvalue weighted by molar-refractivity contribution is 5.72. The van der Waals surface area contributed by atoms with Crippen molar-refractivity contribution in [2.45, 2.75) is 26.4 Å². The van der Waals surface area contributed by atoms with Crippen LogP contribution >= 0.6 is 0 Å². The van der Waals surface area contributed by atoms with Crippen LogP contribution in [0.4, 0.5) is 11.4 Å². The molecule has 0 fully saturated rings. The zero-order chi connectivity index (χ0) is 14.3. The Balaban J connectivity index is 2.63. The summed E-state index contributed by atoms with van der Waals surface area (Å²) in [5.74, 6) is 0.177. The van der Waals surface area contributed by atoms with Crippen LogP contribution in [-0.4, -0.2) is 23.7 Å². The molecule has 0 aliphatic rings. The molecule has 0 radical (unpaired) electrons. The Morgan fingerprint density at radius 3 is 2.89 bits per heavy atom. The first kappa shape index (κ1) is 14.9. The van der Waals surface area contributed by atoms with Gasteiger partial charge in [-0.25, -0.2) is 5.43 Å². The number of carbonyl (C=O) groups excluding carboxylic acids is 1. The second kappa shape index (κ2) is 7.32. The average Bonchev–Trinajstić information content (AvgIpc) is 2.37. The molecular formula is C12H18N4O3. The fraction of sp³-hybridized carbons (Fsp3) is 0.417. The van der Waals surface area contributed by atoms with E-state index in [1.54, 1.807) is 18.2 Å². The van der Waals surface area contributed by atoms with E-state index in [0.717, 1.165) is 0 Å². The third-order valence-corrected chi connectivity index (χ3v) is 2.27. The van der Waals surface area contributed by atoms with Gasteiger partial charge in [-0.1, -0.05) is 12.1 Å². The average molecular weight is 266 g/mol. The predicted octanol–water partition coefficient (Wildman–Crippen LogP) is 1.55. The molecule has 7 heteroatoms. The van der Waals surface area contributed by atoms with Crippen LogP contribution in [0, 0.1) is 0 Å². The third-order valence-electron chi connectivity index (χ3n) is 2.27. The second-order valence-corrected chi connectivity index (χ2v) is 3.96. The number of hydrogen-bond donors (Lipinski definition) is 3. The molecule has 0 saturated heterocycles. The molecule has 4 N–H and O–H groups in total. The smallest absolute Gasteiger partial charge is 0.238 e. The van der Waals surface area contributed by atoms with Crippen molar-refractivity contribution in [3.63, 3.8) is 0 Å². The molecule has 1 aromatic carbocycles. The predicted molar refractivity (Wildman–Crippen MR) is 71.0 cm³/mol. The fourth-order valence-corrected chi connectivity index (χ4v) is 1.19. The maximum absolute atomic E-state index is 10.6. The number of aliphatic hydroxyl groups excluding tert-OH is 1. The minimum Gasteiger partial charge on any atom is -0.489 e. The van der Waals surface area contributed by atoms with Gasteiger partial charge in [0.1, 0.15) is 12.4 Å². The maximum Gasteiger partial charge on any atom is 0.238 e. The molecule has 1 amide bonds. The Kier molecular flexibility index (Phi) is 5.74. The highest BCUT2D eigenvalue weighted by Crippen LogP contribution is 2.26. The second-order valence-electron chi connectivity index (χ2n) is 3.96. The van der Waals surface area contributed by atoms with Crippen LogP contribution in [0.1, 0.15) is 20.3 Å². The van der Waals surface area contributed by atoms with Gasteiger partial charge in [0.25, 0.3) is 0 Å². The van der Waals surface area contributed by atoms with Gasteiger partial charge in [-0.2, -0.15) is 0 Å². The van der Waals surface area contributed by atoms with E-state index in [0.29, 0.717) is 23.5 Å². The van der Waals surface area contributed by atoms with Crippen molar-refractivity contribution in [1.29, 1.82) is 0 Å². The van der Waals surface area contributed by atoms with Crippen molar-refractivity contribution in [3.8, 4) is 5.75 Å². The van der Waals surface area contributed by atoms with Crippen molar-refractivity contribution >= 4 is 17.3 Å². The van der Waals surface area contributed by atoms with E-state index in [1.165, 1.54) is 6.92 Å². The van der Waals surface area contributed by atoms with Crippen LogP contribution in [0.25, 0.3) is 0 Å². The van der Waals surface area contributed by atoms with E-state index in [2.05, 4.69) is 15.8 Å². The van der Waals surface area contributed by atoms with Gasteiger partial charge in [0.2, 0.25) is 5.91 Å². The lowest BCUT2D eigenvalue weighted by Crippen LogP contribution is -2.16. The summed E-state index contributed by atoms with van der Waals surface area (Å²) in [6, 6.07) is 4.86. The van der Waals surface area contributed by atoms with Crippen LogP contribution in [-0.2, 0) is 4.79 Å². The Hall–Kier alpha value is -2.15. The van der Waals surface area contributed by atoms with Gasteiger partial charge in [0, 0.05) is 6.92 Å². The standard InChI is InChI=1S/C12H18N4O3/c1-3-10(18)7-19-12-5-4-9(6-11(12)13)15-16-14-8(2)17/h4-6,10,18H,3,7,13H2,1-2H3,(H,14,15,17). The van der Waals surface area contributed by atoms with Crippen molar-refractivity contribution in [2.75, 3.05) is 12.3 Å². The number of ether oxygens (including phenoxy) is 1. The summed E-state index contributed by atoms with van der Waals surface area (Å²) in [7, 11) is 0. The number of anilines is 1. The zero-order valence-electron chi connectivity index (χ0n) is 11.0. The highest BCUT2D eigenvalue weighted by Gasteiger charge is 2.05. The Morgan fingerprint density at radius 1 is 1.58 bits per heavy atom. The van der Waals surface area contributed by atoms with E-state index in [-0.39, 0.29) is 12.5 Å². The summed E-state index contributed by atoms with van der Waals surface area (Å²) < 4.78 is 5.37. The third kappa shape index (κ3) is 5.35. The van der Waals surface area contributed by atoms with Gasteiger partial charge in [-0.05, 0) is 24.6 Å². The molecule has 0 saturated carbocycles. The molecule has 1 aromatic rings. The topological polar surface area (TPSA) is 109 Å². The molecule has 104 valence electrons. The number of amides is 1. The summed E-state index contributed by atoms with van der Waals surface area (Å²) >= 11 is 0. The number of nitrogens with two attached hydrogens (primary N) is 1. The molecule has 0 bridgehead atoms. The Morgan fingerprint density at radius 2 is 2.32 bits per heavy atom. The van der Waals surface area contributed by atoms with Crippen LogP contribution < -0.4 is 15.9 Å². The van der Waals surface area contributed by atoms with E-state index in [9.17, 15) is 9.90 Å². The van der Waals surface area contributed by atoms with Gasteiger partial charge >= 0.3 is 0 Å². The summed E-state index contributed by atoms with van der Waals surface area (Å²) in [5, 5.41) is 16.6. The highest BCUT2D eigenvalue weighted by atomic mass is 16.5. The molecule has 0 spiro atoms. The number of rotatable bonds is 6. The molecular weight excluding hydrogens is 248 g/mol. The molecule has 1 unspecified atom stereocenters. The number of aliphatic hydroxyl groups is 1. The summed E-state index contributed by atoms with van der Waals surface area (Å²) in [5.41, 5.74) is 8.86. The first-order valence-electron chi connectivity index (χ1n) is 5.90. The van der Waals surface area contributed by atoms with Gasteiger partial charge in [0.05, 0.1) is 17.5 Å². The number of nitrogens with zero attached hydrogens (tertiary/aromatic N) is 2. The molecule has 7 nitrogen and oxygen atoms in total. The van der Waals surface area contributed by atoms with Gasteiger partial charge in [-0.3, -0.25) is 4.79 Å². The number of nitrogens with one attached hydrogen (secondary N) is 1. The minimum absolute atomic E-state index is 0.188. The van der Waals surface area contributed by atoms with Crippen LogP contribution in [0.2, 0.25) is 0 Å². The van der Waals surface area contributed by atoms with Crippen LogP contribution in [0.3, 0.4) is 0 Å². The first-order valence-corrected chi connectivity index (χ1v) is 5.90. The zero-order valence-corrected chi connectivity index (χ0v) is 11.0. The van der Waals surface area contributed by atoms with Gasteiger partial charge in [-0.15, -0.1) is 5.11 Å². The fourth-order valence-electron chi connectivity index (χ4n) is 1.19. The number of nitrogen functional groups attached to an aromatic ring is 1. The molecule has 1 atom stereocenters. The van der Waals surface area contributed by atoms with Crippen molar-refractivity contribution in [3.05, 3.63) is 18.2 Å². The number of hydrogen-bond acceptors (Lipinski definition) is 6. The lowest BCUT2D eigenvalue weighted by Gasteiger charge is -2.12. The summed E-state index contributed by atoms with van der Waals surface area (Å²) in [4.78, 5) is 10.6. The van der Waals surface area contributed by atoms with Crippen LogP contribution in [0.15, 0.2) is 28.5 Å². The molecule has 0 heterocycles. The number of carbonyl (C=O) groups is 1. The van der Waals surface area contributed by atoms with Crippen LogP contribution in [0.5, 0.6) is 5.75 Å². The minimum atomic E-state index is -0.515. The Labute approximate surface area is 111 Å². The lowest BCUT2D eigenvalue weighted by molar-refractivity contribution is -0.119. The summed E-state index contributed by atoms with van der Waals surface area (Å²) in [6.07, 6.45) is 0.0988. The largest absolute Gasteiger partial charge is 0.489 e. The Bertz CT molecular complexity index is 462. The lowest BCUT2D eigenvalue weighted by atomic mass is 10.2. The number of benzene rings is 1. The first-order chi connectivity index (χ1) is 9.02. The molecule has 1 rings (SSSR count).